The Bertz CT molecular complexity index is 194. The summed E-state index contributed by atoms with van der Waals surface area (Å²) in [6.07, 6.45) is 2.22. The third kappa shape index (κ3) is 3.52. The number of hydrogen-bond donors (Lipinski definition) is 1. The Hall–Kier alpha value is 0.400. The van der Waals surface area contributed by atoms with Crippen molar-refractivity contribution in [1.29, 1.82) is 0 Å². The molecule has 3 heteroatoms. The number of nitrogens with two attached hydrogens (primary N) is 1. The Morgan fingerprint density at radius 2 is 2.14 bits per heavy atom. The summed E-state index contributed by atoms with van der Waals surface area (Å²) >= 11 is 4.16. The largest absolute Gasteiger partial charge is 0.326 e. The van der Waals surface area contributed by atoms with Crippen LogP contribution in [0.25, 0.3) is 0 Å². The molecule has 0 aliphatic carbocycles. The first-order valence-corrected chi connectivity index (χ1v) is 7.38. The number of hydrogen-bond acceptors (Lipinski definition) is 3. The van der Waals surface area contributed by atoms with Crippen LogP contribution in [0.1, 0.15) is 26.7 Å². The molecule has 1 fully saturated rings. The highest BCUT2D eigenvalue weighted by atomic mass is 32.2. The van der Waals surface area contributed by atoms with Crippen molar-refractivity contribution in [1.82, 2.24) is 0 Å². The van der Waals surface area contributed by atoms with Gasteiger partial charge in [-0.3, -0.25) is 0 Å². The monoisotopic (exact) mass is 231 g/mol. The van der Waals surface area contributed by atoms with Crippen LogP contribution in [0.2, 0.25) is 0 Å². The van der Waals surface area contributed by atoms with E-state index in [1.165, 1.54) is 23.5 Å². The summed E-state index contributed by atoms with van der Waals surface area (Å²) in [6.45, 7) is 8.28. The molecule has 1 heterocycles. The number of thioether (sulfide) groups is 2. The maximum absolute atomic E-state index is 6.22. The molecule has 1 rings (SSSR count). The fraction of sp³-hybridized carbons (Fsp3) is 0.818. The second kappa shape index (κ2) is 6.09. The van der Waals surface area contributed by atoms with Crippen LogP contribution in [0.5, 0.6) is 0 Å². The Morgan fingerprint density at radius 1 is 1.50 bits per heavy atom. The fourth-order valence-corrected chi connectivity index (χ4v) is 5.05. The van der Waals surface area contributed by atoms with E-state index in [0.717, 1.165) is 11.7 Å². The molecule has 0 radical (unpaired) electrons. The Kier molecular flexibility index (Phi) is 5.42. The van der Waals surface area contributed by atoms with Gasteiger partial charge in [0.05, 0.1) is 0 Å². The van der Waals surface area contributed by atoms with Crippen molar-refractivity contribution < 1.29 is 0 Å². The van der Waals surface area contributed by atoms with Crippen LogP contribution >= 0.6 is 23.5 Å². The van der Waals surface area contributed by atoms with Gasteiger partial charge in [0, 0.05) is 28.0 Å². The van der Waals surface area contributed by atoms with Gasteiger partial charge in [0.1, 0.15) is 0 Å². The highest BCUT2D eigenvalue weighted by Crippen LogP contribution is 2.35. The third-order valence-corrected chi connectivity index (χ3v) is 5.93. The summed E-state index contributed by atoms with van der Waals surface area (Å²) in [5.41, 5.74) is 7.43. The molecule has 14 heavy (non-hydrogen) atoms. The lowest BCUT2D eigenvalue weighted by Gasteiger charge is -2.34. The van der Waals surface area contributed by atoms with Gasteiger partial charge < -0.3 is 5.73 Å². The molecule has 0 aromatic carbocycles. The lowest BCUT2D eigenvalue weighted by Crippen LogP contribution is -2.41. The van der Waals surface area contributed by atoms with Gasteiger partial charge in [0.15, 0.2) is 0 Å². The molecule has 1 aliphatic heterocycles. The maximum atomic E-state index is 6.22. The van der Waals surface area contributed by atoms with E-state index in [4.69, 9.17) is 5.73 Å². The van der Waals surface area contributed by atoms with Gasteiger partial charge >= 0.3 is 0 Å². The van der Waals surface area contributed by atoms with Crippen LogP contribution < -0.4 is 5.73 Å². The summed E-state index contributed by atoms with van der Waals surface area (Å²) in [7, 11) is 0. The molecule has 82 valence electrons. The van der Waals surface area contributed by atoms with E-state index in [2.05, 4.69) is 44.0 Å². The van der Waals surface area contributed by atoms with Crippen LogP contribution in [0, 0.1) is 0 Å². The van der Waals surface area contributed by atoms with Crippen molar-refractivity contribution in [2.45, 2.75) is 43.2 Å². The third-order valence-electron chi connectivity index (χ3n) is 2.50. The first-order chi connectivity index (χ1) is 6.65. The molecular formula is C11H21NS2. The lowest BCUT2D eigenvalue weighted by atomic mass is 10.0. The summed E-state index contributed by atoms with van der Waals surface area (Å²) in [5.74, 6) is 2.55. The molecule has 0 bridgehead atoms. The van der Waals surface area contributed by atoms with Crippen LogP contribution in [0.4, 0.5) is 0 Å². The highest BCUT2D eigenvalue weighted by molar-refractivity contribution is 8.07. The maximum Gasteiger partial charge on any atom is 0.0321 e. The predicted octanol–water partition coefficient (Wildman–Crippen LogP) is 2.91. The quantitative estimate of drug-likeness (QED) is 0.754. The molecule has 1 saturated heterocycles. The second-order valence-electron chi connectivity index (χ2n) is 3.98. The SMILES string of the molecule is C=C(C)CC(N)C1SCCSC1CC. The highest BCUT2D eigenvalue weighted by Gasteiger charge is 2.29. The van der Waals surface area contributed by atoms with E-state index in [9.17, 15) is 0 Å². The Balaban J connectivity index is 2.49. The first-order valence-electron chi connectivity index (χ1n) is 5.28. The standard InChI is InChI=1S/C11H21NS2/c1-4-10-11(14-6-5-13-10)9(12)7-8(2)3/h9-11H,2,4-7,12H2,1,3H3. The summed E-state index contributed by atoms with van der Waals surface area (Å²) in [4.78, 5) is 0. The smallest absolute Gasteiger partial charge is 0.0321 e. The van der Waals surface area contributed by atoms with Gasteiger partial charge in [0.25, 0.3) is 0 Å². The van der Waals surface area contributed by atoms with Crippen LogP contribution in [0.15, 0.2) is 12.2 Å². The lowest BCUT2D eigenvalue weighted by molar-refractivity contribution is 0.596. The van der Waals surface area contributed by atoms with Gasteiger partial charge in [-0.1, -0.05) is 12.5 Å². The van der Waals surface area contributed by atoms with E-state index >= 15 is 0 Å². The topological polar surface area (TPSA) is 26.0 Å². The summed E-state index contributed by atoms with van der Waals surface area (Å²) in [5, 5.41) is 1.39. The second-order valence-corrected chi connectivity index (χ2v) is 6.61. The van der Waals surface area contributed by atoms with E-state index in [0.29, 0.717) is 11.3 Å². The van der Waals surface area contributed by atoms with Crippen LogP contribution in [-0.4, -0.2) is 28.0 Å². The zero-order valence-corrected chi connectivity index (χ0v) is 10.8. The van der Waals surface area contributed by atoms with Gasteiger partial charge in [-0.25, -0.2) is 0 Å². The van der Waals surface area contributed by atoms with Gasteiger partial charge in [-0.05, 0) is 19.8 Å². The van der Waals surface area contributed by atoms with Crippen LogP contribution in [-0.2, 0) is 0 Å². The van der Waals surface area contributed by atoms with E-state index in [1.807, 2.05) is 0 Å². The van der Waals surface area contributed by atoms with Crippen molar-refractivity contribution in [3.8, 4) is 0 Å². The summed E-state index contributed by atoms with van der Waals surface area (Å²) in [6, 6.07) is 0.301. The predicted molar refractivity (Wildman–Crippen MR) is 70.2 cm³/mol. The molecule has 0 aromatic rings. The molecular weight excluding hydrogens is 210 g/mol. The molecule has 2 N–H and O–H groups in total. The normalized spacial score (nSPS) is 29.9. The van der Waals surface area contributed by atoms with Crippen molar-refractivity contribution in [3.05, 3.63) is 12.2 Å². The molecule has 1 aliphatic rings. The van der Waals surface area contributed by atoms with Crippen molar-refractivity contribution in [3.63, 3.8) is 0 Å². The molecule has 1 nitrogen and oxygen atoms in total. The molecule has 3 atom stereocenters. The molecule has 3 unspecified atom stereocenters. The Morgan fingerprint density at radius 3 is 2.71 bits per heavy atom. The fourth-order valence-electron chi connectivity index (χ4n) is 1.85. The van der Waals surface area contributed by atoms with Gasteiger partial charge in [-0.15, -0.1) is 6.58 Å². The van der Waals surface area contributed by atoms with Crippen molar-refractivity contribution in [2.75, 3.05) is 11.5 Å². The van der Waals surface area contributed by atoms with E-state index in [1.54, 1.807) is 0 Å². The minimum Gasteiger partial charge on any atom is -0.326 e. The zero-order chi connectivity index (χ0) is 10.6. The van der Waals surface area contributed by atoms with Gasteiger partial charge in [-0.2, -0.15) is 23.5 Å². The average Bonchev–Trinajstić information content (AvgIpc) is 2.16. The first kappa shape index (κ1) is 12.5. The summed E-state index contributed by atoms with van der Waals surface area (Å²) < 4.78 is 0. The van der Waals surface area contributed by atoms with E-state index < -0.39 is 0 Å². The molecule has 0 aromatic heterocycles. The molecule has 0 spiro atoms. The van der Waals surface area contributed by atoms with Crippen molar-refractivity contribution in [2.24, 2.45) is 5.73 Å². The molecule has 0 saturated carbocycles. The zero-order valence-electron chi connectivity index (χ0n) is 9.16. The molecule has 0 amide bonds. The van der Waals surface area contributed by atoms with E-state index in [-0.39, 0.29) is 0 Å². The number of rotatable bonds is 4. The Labute approximate surface area is 96.3 Å². The minimum atomic E-state index is 0.301. The van der Waals surface area contributed by atoms with Crippen LogP contribution in [0.3, 0.4) is 0 Å². The van der Waals surface area contributed by atoms with Gasteiger partial charge in [0.2, 0.25) is 0 Å². The van der Waals surface area contributed by atoms with Crippen molar-refractivity contribution >= 4 is 23.5 Å². The minimum absolute atomic E-state index is 0.301. The average molecular weight is 231 g/mol.